The summed E-state index contributed by atoms with van der Waals surface area (Å²) >= 11 is 0. The predicted molar refractivity (Wildman–Crippen MR) is 174 cm³/mol. The molecule has 0 spiro atoms. The minimum Gasteiger partial charge on any atom is -0.444 e. The third-order valence-electron chi connectivity index (χ3n) is 7.32. The van der Waals surface area contributed by atoms with Crippen LogP contribution in [0.15, 0.2) is 67.0 Å². The first kappa shape index (κ1) is 36.2. The Bertz CT molecular complexity index is 1950. The second-order valence-corrected chi connectivity index (χ2v) is 14.2. The fourth-order valence-electron chi connectivity index (χ4n) is 5.16. The molecule has 17 heteroatoms. The van der Waals surface area contributed by atoms with E-state index in [0.29, 0.717) is 11.6 Å². The maximum Gasteiger partial charge on any atom is 0.410 e. The highest BCUT2D eigenvalue weighted by Gasteiger charge is 2.37. The van der Waals surface area contributed by atoms with E-state index in [9.17, 15) is 22.0 Å². The van der Waals surface area contributed by atoms with Crippen molar-refractivity contribution in [3.05, 3.63) is 90.0 Å². The van der Waals surface area contributed by atoms with Crippen molar-refractivity contribution in [2.45, 2.75) is 51.0 Å². The van der Waals surface area contributed by atoms with Crippen molar-refractivity contribution in [2.75, 3.05) is 23.1 Å². The normalized spacial score (nSPS) is 16.6. The molecule has 1 saturated heterocycles. The highest BCUT2D eigenvalue weighted by Crippen LogP contribution is 2.36. The van der Waals surface area contributed by atoms with Gasteiger partial charge in [-0.1, -0.05) is 30.3 Å². The van der Waals surface area contributed by atoms with Crippen LogP contribution < -0.4 is 14.8 Å². The SMILES string of the molecule is CC(C)(C)OC(=O)N1CC(Nc2nccc(-c3cccnc3Oc3cc(F)c(NS(=O)(=O)Cc4ccccc4)c(F)c3F)n2)CC(C(F)F)C1. The van der Waals surface area contributed by atoms with Crippen LogP contribution in [-0.2, 0) is 20.5 Å². The number of nitrogens with one attached hydrogen (secondary N) is 2. The van der Waals surface area contributed by atoms with Gasteiger partial charge in [0.05, 0.1) is 17.0 Å². The molecule has 11 nitrogen and oxygen atoms in total. The van der Waals surface area contributed by atoms with E-state index < -0.39 is 74.7 Å². The number of pyridine rings is 1. The van der Waals surface area contributed by atoms with Gasteiger partial charge in [0.15, 0.2) is 17.4 Å². The number of hydrogen-bond acceptors (Lipinski definition) is 9. The van der Waals surface area contributed by atoms with Gasteiger partial charge in [0.1, 0.15) is 11.3 Å². The lowest BCUT2D eigenvalue weighted by Crippen LogP contribution is -2.51. The molecule has 3 heterocycles. The number of likely N-dealkylation sites (tertiary alicyclic amines) is 1. The summed E-state index contributed by atoms with van der Waals surface area (Å²) < 4.78 is 111. The maximum absolute atomic E-state index is 15.2. The summed E-state index contributed by atoms with van der Waals surface area (Å²) in [6.45, 7) is 4.83. The van der Waals surface area contributed by atoms with Crippen LogP contribution in [0.2, 0.25) is 0 Å². The van der Waals surface area contributed by atoms with Gasteiger partial charge < -0.3 is 19.7 Å². The Morgan fingerprint density at radius 1 is 1.00 bits per heavy atom. The van der Waals surface area contributed by atoms with Crippen LogP contribution >= 0.6 is 0 Å². The molecule has 2 atom stereocenters. The van der Waals surface area contributed by atoms with Crippen LogP contribution in [0.3, 0.4) is 0 Å². The van der Waals surface area contributed by atoms with Crippen molar-refractivity contribution < 1.29 is 44.6 Å². The molecule has 266 valence electrons. The van der Waals surface area contributed by atoms with Crippen LogP contribution in [0.4, 0.5) is 38.4 Å². The first-order valence-electron chi connectivity index (χ1n) is 15.3. The van der Waals surface area contributed by atoms with E-state index in [1.54, 1.807) is 43.7 Å². The van der Waals surface area contributed by atoms with E-state index in [-0.39, 0.29) is 42.6 Å². The van der Waals surface area contributed by atoms with Crippen molar-refractivity contribution in [2.24, 2.45) is 5.92 Å². The number of hydrogen-bond donors (Lipinski definition) is 2. The second-order valence-electron chi connectivity index (χ2n) is 12.5. The summed E-state index contributed by atoms with van der Waals surface area (Å²) in [7, 11) is -4.33. The third-order valence-corrected chi connectivity index (χ3v) is 8.54. The predicted octanol–water partition coefficient (Wildman–Crippen LogP) is 6.99. The number of ether oxygens (including phenoxy) is 2. The number of piperidine rings is 1. The Morgan fingerprint density at radius 2 is 1.74 bits per heavy atom. The van der Waals surface area contributed by atoms with Gasteiger partial charge in [0.2, 0.25) is 34.1 Å². The number of rotatable bonds is 10. The molecule has 2 N–H and O–H groups in total. The van der Waals surface area contributed by atoms with E-state index in [2.05, 4.69) is 20.3 Å². The number of halogens is 5. The maximum atomic E-state index is 15.2. The van der Waals surface area contributed by atoms with Crippen molar-refractivity contribution in [1.29, 1.82) is 0 Å². The zero-order chi connectivity index (χ0) is 36.2. The average molecular weight is 721 g/mol. The van der Waals surface area contributed by atoms with Gasteiger partial charge in [-0.3, -0.25) is 4.72 Å². The molecule has 1 aliphatic heterocycles. The molecule has 50 heavy (non-hydrogen) atoms. The lowest BCUT2D eigenvalue weighted by molar-refractivity contribution is -0.00690. The number of benzene rings is 2. The smallest absolute Gasteiger partial charge is 0.410 e. The highest BCUT2D eigenvalue weighted by molar-refractivity contribution is 7.91. The van der Waals surface area contributed by atoms with E-state index in [1.807, 2.05) is 0 Å². The Balaban J connectivity index is 1.35. The molecule has 2 aromatic heterocycles. The van der Waals surface area contributed by atoms with Gasteiger partial charge in [-0.25, -0.2) is 45.7 Å². The standard InChI is InChI=1S/C33H33F5N6O5S/c1-33(2,3)49-32(45)44-16-20(29(37)38)14-21(17-44)41-31-40-13-11-24(42-31)22-10-7-12-39-30(22)48-25-15-23(34)28(27(36)26(25)35)43-50(46,47)18-19-8-5-4-6-9-19/h4-13,15,20-21,29,43H,14,16-18H2,1-3H3,(H,40,41,42). The summed E-state index contributed by atoms with van der Waals surface area (Å²) in [5, 5.41) is 2.98. The Kier molecular flexibility index (Phi) is 10.7. The van der Waals surface area contributed by atoms with Crippen molar-refractivity contribution >= 4 is 27.8 Å². The molecule has 0 aliphatic carbocycles. The summed E-state index contributed by atoms with van der Waals surface area (Å²) in [5.74, 6) is -7.98. The largest absolute Gasteiger partial charge is 0.444 e. The van der Waals surface area contributed by atoms with E-state index in [4.69, 9.17) is 9.47 Å². The zero-order valence-corrected chi connectivity index (χ0v) is 27.9. The molecule has 0 saturated carbocycles. The van der Waals surface area contributed by atoms with Gasteiger partial charge in [-0.05, 0) is 51.0 Å². The van der Waals surface area contributed by atoms with E-state index >= 15 is 13.2 Å². The number of sulfonamides is 1. The van der Waals surface area contributed by atoms with E-state index in [1.165, 1.54) is 47.6 Å². The molecular weight excluding hydrogens is 687 g/mol. The third kappa shape index (κ3) is 9.13. The fourth-order valence-corrected chi connectivity index (χ4v) is 6.36. The topological polar surface area (TPSA) is 136 Å². The van der Waals surface area contributed by atoms with Gasteiger partial charge in [-0.2, -0.15) is 4.39 Å². The fraction of sp³-hybridized carbons (Fsp3) is 0.333. The molecule has 1 amide bonds. The van der Waals surface area contributed by atoms with E-state index in [0.717, 1.165) is 0 Å². The Hall–Kier alpha value is -5.06. The number of alkyl halides is 2. The van der Waals surface area contributed by atoms with Gasteiger partial charge in [0, 0.05) is 43.5 Å². The van der Waals surface area contributed by atoms with Crippen LogP contribution in [0.5, 0.6) is 11.6 Å². The molecule has 0 bridgehead atoms. The van der Waals surface area contributed by atoms with Gasteiger partial charge in [-0.15, -0.1) is 0 Å². The lowest BCUT2D eigenvalue weighted by Gasteiger charge is -2.38. The van der Waals surface area contributed by atoms with Gasteiger partial charge in [0.25, 0.3) is 0 Å². The minimum absolute atomic E-state index is 0.000615. The number of carbonyl (C=O) groups excluding carboxylic acids is 1. The van der Waals surface area contributed by atoms with Crippen LogP contribution in [0, 0.1) is 23.4 Å². The summed E-state index contributed by atoms with van der Waals surface area (Å²) in [4.78, 5) is 26.5. The Labute approximate surface area is 284 Å². The highest BCUT2D eigenvalue weighted by atomic mass is 32.2. The number of nitrogens with zero attached hydrogens (tertiary/aromatic N) is 4. The number of anilines is 2. The summed E-state index contributed by atoms with van der Waals surface area (Å²) in [6, 6.07) is 12.0. The van der Waals surface area contributed by atoms with Crippen molar-refractivity contribution in [1.82, 2.24) is 19.9 Å². The Morgan fingerprint density at radius 3 is 2.44 bits per heavy atom. The zero-order valence-electron chi connectivity index (χ0n) is 27.0. The number of aromatic nitrogens is 3. The number of amides is 1. The van der Waals surface area contributed by atoms with Crippen LogP contribution in [0.25, 0.3) is 11.3 Å². The quantitative estimate of drug-likeness (QED) is 0.131. The average Bonchev–Trinajstić information content (AvgIpc) is 3.05. The summed E-state index contributed by atoms with van der Waals surface area (Å²) in [5.41, 5.74) is -1.43. The van der Waals surface area contributed by atoms with Crippen molar-refractivity contribution in [3.63, 3.8) is 0 Å². The molecule has 2 aromatic carbocycles. The first-order chi connectivity index (χ1) is 23.6. The van der Waals surface area contributed by atoms with Gasteiger partial charge >= 0.3 is 6.09 Å². The molecular formula is C33H33F5N6O5S. The van der Waals surface area contributed by atoms with Crippen LogP contribution in [0.1, 0.15) is 32.8 Å². The minimum atomic E-state index is -4.33. The second kappa shape index (κ2) is 14.8. The van der Waals surface area contributed by atoms with Crippen LogP contribution in [-0.4, -0.2) is 65.5 Å². The molecule has 4 aromatic rings. The first-order valence-corrected chi connectivity index (χ1v) is 16.9. The number of carbonyl (C=O) groups is 1. The molecule has 5 rings (SSSR count). The lowest BCUT2D eigenvalue weighted by atomic mass is 9.95. The molecule has 0 radical (unpaired) electrons. The molecule has 1 fully saturated rings. The monoisotopic (exact) mass is 720 g/mol. The molecule has 1 aliphatic rings. The summed E-state index contributed by atoms with van der Waals surface area (Å²) in [6.07, 6.45) is -0.824. The molecule has 2 unspecified atom stereocenters. The van der Waals surface area contributed by atoms with Crippen molar-refractivity contribution in [3.8, 4) is 22.9 Å².